The highest BCUT2D eigenvalue weighted by Gasteiger charge is 2.23. The summed E-state index contributed by atoms with van der Waals surface area (Å²) >= 11 is 2.24. The number of halogens is 1. The van der Waals surface area contributed by atoms with Gasteiger partial charge >= 0.3 is 0 Å². The van der Waals surface area contributed by atoms with Gasteiger partial charge in [-0.25, -0.2) is 0 Å². The normalized spacial score (nSPS) is 18.3. The Hall–Kier alpha value is -0.800. The van der Waals surface area contributed by atoms with Gasteiger partial charge in [-0.2, -0.15) is 5.26 Å². The molecule has 0 N–H and O–H groups in total. The summed E-state index contributed by atoms with van der Waals surface area (Å²) in [6.45, 7) is 1.31. The Labute approximate surface area is 102 Å². The lowest BCUT2D eigenvalue weighted by molar-refractivity contribution is 0.262. The van der Waals surface area contributed by atoms with Crippen molar-refractivity contribution in [1.82, 2.24) is 0 Å². The minimum absolute atomic E-state index is 0.222. The fraction of sp³-hybridized carbons (Fsp3) is 0.364. The summed E-state index contributed by atoms with van der Waals surface area (Å²) < 4.78 is 11.4. The van der Waals surface area contributed by atoms with Crippen LogP contribution in [0.1, 0.15) is 11.1 Å². The second-order valence-electron chi connectivity index (χ2n) is 3.30. The quantitative estimate of drug-likeness (QED) is 0.486. The van der Waals surface area contributed by atoms with Gasteiger partial charge in [-0.1, -0.05) is 34.7 Å². The molecule has 0 aromatic heterocycles. The highest BCUT2D eigenvalue weighted by Crippen LogP contribution is 2.24. The molecule has 1 aliphatic heterocycles. The maximum atomic E-state index is 9.05. The van der Waals surface area contributed by atoms with Crippen molar-refractivity contribution in [2.24, 2.45) is 0 Å². The fourth-order valence-electron chi connectivity index (χ4n) is 1.28. The van der Waals surface area contributed by atoms with Crippen LogP contribution in [-0.2, 0) is 9.16 Å². The number of benzene rings is 1. The summed E-state index contributed by atoms with van der Waals surface area (Å²) in [6, 6.07) is 7.88. The Bertz CT molecular complexity index is 396. The van der Waals surface area contributed by atoms with Crippen molar-refractivity contribution in [3.63, 3.8) is 0 Å². The summed E-state index contributed by atoms with van der Waals surface area (Å²) in [5.41, 5.74) is 1.67. The molecule has 1 aromatic rings. The van der Waals surface area contributed by atoms with E-state index < -0.39 is 0 Å². The van der Waals surface area contributed by atoms with Gasteiger partial charge in [-0.15, -0.1) is 0 Å². The van der Waals surface area contributed by atoms with E-state index in [0.717, 1.165) is 16.6 Å². The molecule has 15 heavy (non-hydrogen) atoms. The molecule has 0 unspecified atom stereocenters. The van der Waals surface area contributed by atoms with E-state index in [2.05, 4.69) is 28.7 Å². The first-order valence-corrected chi connectivity index (χ1v) is 6.20. The van der Waals surface area contributed by atoms with E-state index in [-0.39, 0.29) is 6.10 Å². The smallest absolute Gasteiger partial charge is 0.137 e. The number of nitrogens with zero attached hydrogens (tertiary/aromatic N) is 1. The van der Waals surface area contributed by atoms with E-state index in [1.54, 1.807) is 0 Å². The van der Waals surface area contributed by atoms with E-state index in [9.17, 15) is 0 Å². The molecular formula is C11H10INO2. The Morgan fingerprint density at radius 1 is 1.60 bits per heavy atom. The van der Waals surface area contributed by atoms with Crippen LogP contribution in [0.5, 0.6) is 5.75 Å². The minimum Gasteiger partial charge on any atom is -0.489 e. The molecule has 1 heterocycles. The van der Waals surface area contributed by atoms with Crippen molar-refractivity contribution in [2.75, 3.05) is 13.2 Å². The maximum absolute atomic E-state index is 9.05. The lowest BCUT2D eigenvalue weighted by atomic mass is 10.1. The van der Waals surface area contributed by atoms with Crippen LogP contribution in [0.4, 0.5) is 0 Å². The highest BCUT2D eigenvalue weighted by atomic mass is 127. The zero-order valence-corrected chi connectivity index (χ0v) is 10.2. The molecule has 2 rings (SSSR count). The van der Waals surface area contributed by atoms with Crippen molar-refractivity contribution in [2.45, 2.75) is 10.5 Å². The van der Waals surface area contributed by atoms with Crippen molar-refractivity contribution < 1.29 is 9.47 Å². The highest BCUT2D eigenvalue weighted by molar-refractivity contribution is 14.1. The summed E-state index contributed by atoms with van der Waals surface area (Å²) in [5, 5.41) is 9.05. The molecule has 1 aliphatic rings. The molecule has 1 saturated heterocycles. The van der Waals surface area contributed by atoms with Crippen LogP contribution in [0, 0.1) is 11.3 Å². The van der Waals surface area contributed by atoms with E-state index in [4.69, 9.17) is 14.7 Å². The van der Waals surface area contributed by atoms with Gasteiger partial charge < -0.3 is 9.47 Å². The zero-order valence-electron chi connectivity index (χ0n) is 8.07. The zero-order chi connectivity index (χ0) is 10.7. The van der Waals surface area contributed by atoms with Gasteiger partial charge in [-0.05, 0) is 11.6 Å². The van der Waals surface area contributed by atoms with E-state index >= 15 is 0 Å². The number of ether oxygens (including phenoxy) is 2. The Morgan fingerprint density at radius 2 is 2.40 bits per heavy atom. The van der Waals surface area contributed by atoms with Crippen LogP contribution in [0.15, 0.2) is 18.2 Å². The molecule has 0 spiro atoms. The number of nitriles is 1. The van der Waals surface area contributed by atoms with Crippen LogP contribution in [0.2, 0.25) is 0 Å². The number of alkyl halides is 1. The molecule has 3 nitrogen and oxygen atoms in total. The number of hydrogen-bond donors (Lipinski definition) is 0. The molecule has 0 aliphatic carbocycles. The van der Waals surface area contributed by atoms with Crippen LogP contribution in [-0.4, -0.2) is 19.3 Å². The molecule has 1 fully saturated rings. The average Bonchev–Trinajstić information content (AvgIpc) is 3.09. The third-order valence-electron chi connectivity index (χ3n) is 2.20. The number of hydrogen-bond acceptors (Lipinski definition) is 3. The summed E-state index contributed by atoms with van der Waals surface area (Å²) in [4.78, 5) is 0. The lowest BCUT2D eigenvalue weighted by Gasteiger charge is -2.08. The second-order valence-corrected chi connectivity index (χ2v) is 4.06. The van der Waals surface area contributed by atoms with Crippen molar-refractivity contribution >= 4 is 22.6 Å². The molecular weight excluding hydrogens is 305 g/mol. The van der Waals surface area contributed by atoms with Gasteiger partial charge in [0.1, 0.15) is 24.5 Å². The first kappa shape index (κ1) is 10.7. The SMILES string of the molecule is N#Cc1c(CI)cccc1OC[C@@H]1CO1. The third-order valence-corrected chi connectivity index (χ3v) is 3.02. The molecule has 1 aromatic carbocycles. The second kappa shape index (κ2) is 4.81. The van der Waals surface area contributed by atoms with E-state index in [0.29, 0.717) is 17.9 Å². The van der Waals surface area contributed by atoms with Gasteiger partial charge in [0.05, 0.1) is 12.2 Å². The average molecular weight is 315 g/mol. The van der Waals surface area contributed by atoms with Gasteiger partial charge in [0.15, 0.2) is 0 Å². The van der Waals surface area contributed by atoms with Crippen molar-refractivity contribution in [1.29, 1.82) is 5.26 Å². The molecule has 0 bridgehead atoms. The predicted octanol–water partition coefficient (Wildman–Crippen LogP) is 2.27. The van der Waals surface area contributed by atoms with E-state index in [1.165, 1.54) is 0 Å². The van der Waals surface area contributed by atoms with Crippen molar-refractivity contribution in [3.05, 3.63) is 29.3 Å². The Kier molecular flexibility index (Phi) is 3.44. The predicted molar refractivity (Wildman–Crippen MR) is 64.1 cm³/mol. The number of rotatable bonds is 4. The molecule has 1 atom stereocenters. The lowest BCUT2D eigenvalue weighted by Crippen LogP contribution is -2.05. The minimum atomic E-state index is 0.222. The Balaban J connectivity index is 2.17. The molecule has 78 valence electrons. The van der Waals surface area contributed by atoms with E-state index in [1.807, 2.05) is 18.2 Å². The van der Waals surface area contributed by atoms with Gasteiger partial charge in [0, 0.05) is 4.43 Å². The van der Waals surface area contributed by atoms with Gasteiger partial charge in [0.25, 0.3) is 0 Å². The Morgan fingerprint density at radius 3 is 3.00 bits per heavy atom. The summed E-state index contributed by atoms with van der Waals surface area (Å²) in [7, 11) is 0. The van der Waals surface area contributed by atoms with Crippen LogP contribution in [0.3, 0.4) is 0 Å². The fourth-order valence-corrected chi connectivity index (χ4v) is 1.92. The topological polar surface area (TPSA) is 45.5 Å². The number of epoxide rings is 1. The van der Waals surface area contributed by atoms with Crippen LogP contribution < -0.4 is 4.74 Å². The third kappa shape index (κ3) is 2.61. The largest absolute Gasteiger partial charge is 0.489 e. The molecule has 0 amide bonds. The standard InChI is InChI=1S/C11H10INO2/c12-4-8-2-1-3-11(10(8)5-13)15-7-9-6-14-9/h1-3,9H,4,6-7H2/t9-/m0/s1. The summed E-state index contributed by atoms with van der Waals surface area (Å²) in [5.74, 6) is 0.669. The molecule has 4 heteroatoms. The first-order chi connectivity index (χ1) is 7.35. The molecule has 0 radical (unpaired) electrons. The summed E-state index contributed by atoms with van der Waals surface area (Å²) in [6.07, 6.45) is 0.222. The maximum Gasteiger partial charge on any atom is 0.137 e. The first-order valence-electron chi connectivity index (χ1n) is 4.67. The van der Waals surface area contributed by atoms with Gasteiger partial charge in [-0.3, -0.25) is 0 Å². The van der Waals surface area contributed by atoms with Crippen LogP contribution in [0.25, 0.3) is 0 Å². The van der Waals surface area contributed by atoms with Crippen molar-refractivity contribution in [3.8, 4) is 11.8 Å². The van der Waals surface area contributed by atoms with Gasteiger partial charge in [0.2, 0.25) is 0 Å². The monoisotopic (exact) mass is 315 g/mol. The molecule has 0 saturated carbocycles. The van der Waals surface area contributed by atoms with Crippen LogP contribution >= 0.6 is 22.6 Å².